The summed E-state index contributed by atoms with van der Waals surface area (Å²) in [6, 6.07) is 11.8. The minimum absolute atomic E-state index is 0.0531. The maximum Gasteiger partial charge on any atom is 0.234 e. The Morgan fingerprint density at radius 3 is 2.58 bits per heavy atom. The first-order valence-electron chi connectivity index (χ1n) is 11.1. The van der Waals surface area contributed by atoms with Crippen molar-refractivity contribution < 1.29 is 9.18 Å². The van der Waals surface area contributed by atoms with E-state index in [-0.39, 0.29) is 23.5 Å². The molecule has 0 aliphatic carbocycles. The lowest BCUT2D eigenvalue weighted by molar-refractivity contribution is -0.113. The zero-order valence-corrected chi connectivity index (χ0v) is 20.3. The number of anilines is 1. The number of nitrogens with zero attached hydrogens (tertiary/aromatic N) is 4. The minimum Gasteiger partial charge on any atom is -0.324 e. The highest BCUT2D eigenvalue weighted by molar-refractivity contribution is 7.99. The highest BCUT2D eigenvalue weighted by atomic mass is 35.5. The van der Waals surface area contributed by atoms with Crippen molar-refractivity contribution in [3.8, 4) is 5.69 Å². The van der Waals surface area contributed by atoms with Crippen LogP contribution in [0.15, 0.2) is 47.6 Å². The SMILES string of the molecule is Cc1ccc(NC(=O)CSc2nnc([C@H](C)N3CCCCC3)n2-c2ccc(F)cc2)c(Cl)c1. The summed E-state index contributed by atoms with van der Waals surface area (Å²) >= 11 is 7.53. The summed E-state index contributed by atoms with van der Waals surface area (Å²) < 4.78 is 15.5. The Balaban J connectivity index is 1.55. The van der Waals surface area contributed by atoms with Gasteiger partial charge in [0.2, 0.25) is 5.91 Å². The van der Waals surface area contributed by atoms with E-state index in [0.717, 1.165) is 30.2 Å². The van der Waals surface area contributed by atoms with Crippen LogP contribution in [0.25, 0.3) is 5.69 Å². The molecule has 3 aromatic rings. The van der Waals surface area contributed by atoms with Crippen molar-refractivity contribution in [2.45, 2.75) is 44.3 Å². The molecule has 1 aliphatic heterocycles. The Kier molecular flexibility index (Phi) is 7.67. The molecule has 1 saturated heterocycles. The first kappa shape index (κ1) is 23.7. The van der Waals surface area contributed by atoms with E-state index >= 15 is 0 Å². The van der Waals surface area contributed by atoms with Gasteiger partial charge in [-0.15, -0.1) is 10.2 Å². The van der Waals surface area contributed by atoms with E-state index in [2.05, 4.69) is 27.3 Å². The average Bonchev–Trinajstić information content (AvgIpc) is 3.24. The number of aryl methyl sites for hydroxylation is 1. The van der Waals surface area contributed by atoms with Crippen LogP contribution < -0.4 is 5.32 Å². The molecule has 1 aliphatic rings. The van der Waals surface area contributed by atoms with Gasteiger partial charge in [0.05, 0.1) is 22.5 Å². The van der Waals surface area contributed by atoms with Gasteiger partial charge in [-0.25, -0.2) is 4.39 Å². The number of rotatable bonds is 7. The van der Waals surface area contributed by atoms with Gasteiger partial charge in [-0.2, -0.15) is 0 Å². The van der Waals surface area contributed by atoms with E-state index in [4.69, 9.17) is 11.6 Å². The predicted molar refractivity (Wildman–Crippen MR) is 131 cm³/mol. The lowest BCUT2D eigenvalue weighted by atomic mass is 10.1. The summed E-state index contributed by atoms with van der Waals surface area (Å²) in [6.07, 6.45) is 3.58. The Morgan fingerprint density at radius 2 is 1.88 bits per heavy atom. The molecule has 174 valence electrons. The molecular formula is C24H27ClFN5OS. The molecule has 0 radical (unpaired) electrons. The van der Waals surface area contributed by atoms with Crippen LogP contribution >= 0.6 is 23.4 Å². The third-order valence-corrected chi connectivity index (χ3v) is 7.03. The highest BCUT2D eigenvalue weighted by Gasteiger charge is 2.26. The topological polar surface area (TPSA) is 63.1 Å². The maximum absolute atomic E-state index is 13.6. The van der Waals surface area contributed by atoms with Crippen LogP contribution in [0.4, 0.5) is 10.1 Å². The van der Waals surface area contributed by atoms with E-state index in [9.17, 15) is 9.18 Å². The number of benzene rings is 2. The third kappa shape index (κ3) is 5.75. The number of hydrogen-bond acceptors (Lipinski definition) is 5. The number of nitrogens with one attached hydrogen (secondary N) is 1. The lowest BCUT2D eigenvalue weighted by Gasteiger charge is -2.31. The predicted octanol–water partition coefficient (Wildman–Crippen LogP) is 5.65. The molecule has 1 atom stereocenters. The van der Waals surface area contributed by atoms with Gasteiger partial charge in [0.25, 0.3) is 0 Å². The molecule has 1 aromatic heterocycles. The van der Waals surface area contributed by atoms with Crippen LogP contribution in [0, 0.1) is 12.7 Å². The smallest absolute Gasteiger partial charge is 0.234 e. The fourth-order valence-electron chi connectivity index (χ4n) is 3.98. The van der Waals surface area contributed by atoms with Gasteiger partial charge in [-0.05, 0) is 81.7 Å². The molecule has 33 heavy (non-hydrogen) atoms. The van der Waals surface area contributed by atoms with Crippen molar-refractivity contribution in [2.24, 2.45) is 0 Å². The first-order valence-corrected chi connectivity index (χ1v) is 12.4. The second-order valence-electron chi connectivity index (χ2n) is 8.25. The molecule has 2 heterocycles. The van der Waals surface area contributed by atoms with Crippen molar-refractivity contribution in [2.75, 3.05) is 24.2 Å². The molecular weight excluding hydrogens is 461 g/mol. The maximum atomic E-state index is 13.6. The quantitative estimate of drug-likeness (QED) is 0.436. The van der Waals surface area contributed by atoms with Gasteiger partial charge >= 0.3 is 0 Å². The number of likely N-dealkylation sites (tertiary alicyclic amines) is 1. The van der Waals surface area contributed by atoms with Gasteiger partial charge < -0.3 is 5.32 Å². The molecule has 9 heteroatoms. The summed E-state index contributed by atoms with van der Waals surface area (Å²) in [4.78, 5) is 15.0. The lowest BCUT2D eigenvalue weighted by Crippen LogP contribution is -2.33. The van der Waals surface area contributed by atoms with Crippen molar-refractivity contribution in [1.29, 1.82) is 0 Å². The molecule has 0 bridgehead atoms. The molecule has 6 nitrogen and oxygen atoms in total. The van der Waals surface area contributed by atoms with Crippen molar-refractivity contribution in [3.05, 3.63) is 64.7 Å². The number of thioether (sulfide) groups is 1. The highest BCUT2D eigenvalue weighted by Crippen LogP contribution is 2.30. The van der Waals surface area contributed by atoms with Crippen LogP contribution in [-0.4, -0.2) is 44.4 Å². The van der Waals surface area contributed by atoms with Crippen molar-refractivity contribution in [1.82, 2.24) is 19.7 Å². The fourth-order valence-corrected chi connectivity index (χ4v) is 5.03. The van der Waals surface area contributed by atoms with Gasteiger partial charge in [0, 0.05) is 5.69 Å². The Morgan fingerprint density at radius 1 is 1.15 bits per heavy atom. The zero-order valence-electron chi connectivity index (χ0n) is 18.7. The summed E-state index contributed by atoms with van der Waals surface area (Å²) in [7, 11) is 0. The van der Waals surface area contributed by atoms with Crippen LogP contribution in [0.2, 0.25) is 5.02 Å². The number of carbonyl (C=O) groups is 1. The standard InChI is InChI=1S/C24H27ClFN5OS/c1-16-6-11-21(20(25)14-16)27-22(32)15-33-24-29-28-23(17(2)30-12-4-3-5-13-30)31(24)19-9-7-18(26)8-10-19/h6-11,14,17H,3-5,12-13,15H2,1-2H3,(H,27,32)/t17-/m0/s1. The summed E-state index contributed by atoms with van der Waals surface area (Å²) in [5, 5.41) is 12.8. The van der Waals surface area contributed by atoms with Gasteiger partial charge in [0.1, 0.15) is 5.82 Å². The minimum atomic E-state index is -0.305. The Hall–Kier alpha value is -2.42. The van der Waals surface area contributed by atoms with Gasteiger partial charge in [0.15, 0.2) is 11.0 Å². The molecule has 1 N–H and O–H groups in total. The largest absolute Gasteiger partial charge is 0.324 e. The second kappa shape index (κ2) is 10.7. The van der Waals surface area contributed by atoms with Crippen LogP contribution in [-0.2, 0) is 4.79 Å². The summed E-state index contributed by atoms with van der Waals surface area (Å²) in [6.45, 7) is 6.09. The number of amides is 1. The number of halogens is 2. The number of carbonyl (C=O) groups excluding carboxylic acids is 1. The van der Waals surface area contributed by atoms with Crippen LogP contribution in [0.5, 0.6) is 0 Å². The molecule has 0 unspecified atom stereocenters. The van der Waals surface area contributed by atoms with Gasteiger partial charge in [-0.1, -0.05) is 35.9 Å². The first-order chi connectivity index (χ1) is 15.9. The zero-order chi connectivity index (χ0) is 23.4. The average molecular weight is 488 g/mol. The van der Waals surface area contributed by atoms with Crippen molar-refractivity contribution in [3.63, 3.8) is 0 Å². The molecule has 4 rings (SSSR count). The summed E-state index contributed by atoms with van der Waals surface area (Å²) in [5.74, 6) is 0.431. The van der Waals surface area contributed by atoms with Crippen molar-refractivity contribution >= 4 is 35.0 Å². The number of piperidine rings is 1. The van der Waals surface area contributed by atoms with E-state index in [1.807, 2.05) is 23.6 Å². The fraction of sp³-hybridized carbons (Fsp3) is 0.375. The molecule has 1 fully saturated rings. The molecule has 0 spiro atoms. The van der Waals surface area contributed by atoms with Gasteiger partial charge in [-0.3, -0.25) is 14.3 Å². The second-order valence-corrected chi connectivity index (χ2v) is 9.60. The molecule has 1 amide bonds. The monoisotopic (exact) mass is 487 g/mol. The molecule has 0 saturated carbocycles. The van der Waals surface area contributed by atoms with E-state index in [1.165, 1.54) is 43.2 Å². The number of hydrogen-bond donors (Lipinski definition) is 1. The Bertz CT molecular complexity index is 1110. The normalized spacial score (nSPS) is 15.4. The van der Waals surface area contributed by atoms with E-state index in [0.29, 0.717) is 15.9 Å². The summed E-state index contributed by atoms with van der Waals surface area (Å²) in [5.41, 5.74) is 2.37. The van der Waals surface area contributed by atoms with E-state index < -0.39 is 0 Å². The van der Waals surface area contributed by atoms with Crippen LogP contribution in [0.1, 0.15) is 43.6 Å². The van der Waals surface area contributed by atoms with E-state index in [1.54, 1.807) is 18.2 Å². The number of aromatic nitrogens is 3. The van der Waals surface area contributed by atoms with Crippen LogP contribution in [0.3, 0.4) is 0 Å². The molecule has 2 aromatic carbocycles. The third-order valence-electron chi connectivity index (χ3n) is 5.79. The Labute approximate surface area is 202 Å².